The van der Waals surface area contributed by atoms with Crippen molar-refractivity contribution in [2.45, 2.75) is 6.54 Å². The number of anilines is 2. The molecule has 1 aliphatic heterocycles. The number of hydrogen-bond acceptors (Lipinski definition) is 1. The van der Waals surface area contributed by atoms with E-state index in [1.807, 2.05) is 0 Å². The Bertz CT molecular complexity index is 722. The maximum absolute atomic E-state index is 2.45. The molecule has 1 heterocycles. The van der Waals surface area contributed by atoms with E-state index < -0.39 is 0 Å². The number of para-hydroxylation sites is 2. The molecule has 0 saturated heterocycles. The molecular formula is C19H15NSe. The van der Waals surface area contributed by atoms with Crippen LogP contribution in [0.1, 0.15) is 5.56 Å². The Morgan fingerprint density at radius 2 is 1.14 bits per heavy atom. The molecular weight excluding hydrogens is 321 g/mol. The van der Waals surface area contributed by atoms with E-state index in [4.69, 9.17) is 0 Å². The first-order valence-corrected chi connectivity index (χ1v) is 8.80. The summed E-state index contributed by atoms with van der Waals surface area (Å²) in [6.07, 6.45) is 0. The van der Waals surface area contributed by atoms with Gasteiger partial charge in [0.2, 0.25) is 0 Å². The van der Waals surface area contributed by atoms with Crippen LogP contribution in [0.5, 0.6) is 0 Å². The average molecular weight is 336 g/mol. The summed E-state index contributed by atoms with van der Waals surface area (Å²) >= 11 is 0.403. The van der Waals surface area contributed by atoms with E-state index in [0.717, 1.165) is 6.54 Å². The quantitative estimate of drug-likeness (QED) is 0.651. The van der Waals surface area contributed by atoms with Crippen molar-refractivity contribution in [3.05, 3.63) is 84.4 Å². The molecule has 1 nitrogen and oxygen atoms in total. The molecule has 0 bridgehead atoms. The molecule has 0 aliphatic carbocycles. The first-order valence-electron chi connectivity index (χ1n) is 7.09. The molecule has 0 unspecified atom stereocenters. The van der Waals surface area contributed by atoms with Gasteiger partial charge < -0.3 is 0 Å². The van der Waals surface area contributed by atoms with Gasteiger partial charge >= 0.3 is 131 Å². The van der Waals surface area contributed by atoms with Crippen LogP contribution in [0.2, 0.25) is 0 Å². The van der Waals surface area contributed by atoms with Gasteiger partial charge in [-0.1, -0.05) is 0 Å². The summed E-state index contributed by atoms with van der Waals surface area (Å²) in [7, 11) is 0. The van der Waals surface area contributed by atoms with Gasteiger partial charge in [-0.2, -0.15) is 0 Å². The fraction of sp³-hybridized carbons (Fsp3) is 0.0526. The van der Waals surface area contributed by atoms with Gasteiger partial charge in [-0.25, -0.2) is 0 Å². The number of rotatable bonds is 2. The van der Waals surface area contributed by atoms with Crippen LogP contribution < -0.4 is 13.8 Å². The second-order valence-electron chi connectivity index (χ2n) is 5.11. The first kappa shape index (κ1) is 12.7. The molecule has 21 heavy (non-hydrogen) atoms. The summed E-state index contributed by atoms with van der Waals surface area (Å²) in [5.41, 5.74) is 4.07. The molecule has 102 valence electrons. The molecule has 0 amide bonds. The Morgan fingerprint density at radius 3 is 1.76 bits per heavy atom. The third-order valence-electron chi connectivity index (χ3n) is 3.72. The van der Waals surface area contributed by atoms with Crippen LogP contribution in [-0.4, -0.2) is 15.0 Å². The van der Waals surface area contributed by atoms with Crippen LogP contribution in [0.15, 0.2) is 78.9 Å². The third kappa shape index (κ3) is 2.37. The average Bonchev–Trinajstić information content (AvgIpc) is 2.55. The van der Waals surface area contributed by atoms with Crippen LogP contribution in [0.25, 0.3) is 0 Å². The van der Waals surface area contributed by atoms with E-state index in [1.165, 1.54) is 25.9 Å². The van der Waals surface area contributed by atoms with Gasteiger partial charge in [-0.05, 0) is 0 Å². The topological polar surface area (TPSA) is 3.24 Å². The van der Waals surface area contributed by atoms with Crippen LogP contribution in [-0.2, 0) is 6.54 Å². The Hall–Kier alpha value is -2.02. The predicted octanol–water partition coefficient (Wildman–Crippen LogP) is 2.99. The van der Waals surface area contributed by atoms with Gasteiger partial charge in [0.1, 0.15) is 0 Å². The minimum atomic E-state index is 0.403. The number of hydrogen-bond donors (Lipinski definition) is 0. The molecule has 0 N–H and O–H groups in total. The molecule has 1 aliphatic rings. The second-order valence-corrected chi connectivity index (χ2v) is 7.38. The van der Waals surface area contributed by atoms with Crippen molar-refractivity contribution in [3.63, 3.8) is 0 Å². The summed E-state index contributed by atoms with van der Waals surface area (Å²) < 4.78 is 2.94. The minimum absolute atomic E-state index is 0.403. The summed E-state index contributed by atoms with van der Waals surface area (Å²) in [6, 6.07) is 28.3. The van der Waals surface area contributed by atoms with E-state index in [1.54, 1.807) is 0 Å². The summed E-state index contributed by atoms with van der Waals surface area (Å²) in [5, 5.41) is 0. The van der Waals surface area contributed by atoms with Crippen LogP contribution >= 0.6 is 0 Å². The van der Waals surface area contributed by atoms with Crippen LogP contribution in [0.4, 0.5) is 11.4 Å². The fourth-order valence-electron chi connectivity index (χ4n) is 2.72. The molecule has 0 radical (unpaired) electrons. The molecule has 0 saturated carbocycles. The van der Waals surface area contributed by atoms with Crippen molar-refractivity contribution in [2.75, 3.05) is 4.90 Å². The molecule has 0 aromatic heterocycles. The standard InChI is InChI=1S/C19H15NSe/c1-2-8-15(9-3-1)14-20-16-10-4-6-12-18(16)21-19-13-7-5-11-17(19)20/h1-13H,14H2. The Labute approximate surface area is 131 Å². The van der Waals surface area contributed by atoms with Gasteiger partial charge in [0.05, 0.1) is 0 Å². The number of nitrogens with zero attached hydrogens (tertiary/aromatic N) is 1. The second kappa shape index (κ2) is 5.40. The van der Waals surface area contributed by atoms with Gasteiger partial charge in [0.25, 0.3) is 0 Å². The summed E-state index contributed by atoms with van der Waals surface area (Å²) in [6.45, 7) is 0.922. The fourth-order valence-corrected chi connectivity index (χ4v) is 5.02. The molecule has 3 aromatic rings. The SMILES string of the molecule is c1ccc(CN2c3ccccc3[Se]c3ccccc32)cc1. The zero-order valence-electron chi connectivity index (χ0n) is 11.6. The molecule has 0 spiro atoms. The van der Waals surface area contributed by atoms with Crippen molar-refractivity contribution in [3.8, 4) is 0 Å². The van der Waals surface area contributed by atoms with Crippen LogP contribution in [0.3, 0.4) is 0 Å². The van der Waals surface area contributed by atoms with Gasteiger partial charge in [-0.3, -0.25) is 0 Å². The molecule has 4 rings (SSSR count). The molecule has 3 aromatic carbocycles. The van der Waals surface area contributed by atoms with E-state index in [0.29, 0.717) is 15.0 Å². The Kier molecular flexibility index (Phi) is 3.27. The van der Waals surface area contributed by atoms with Gasteiger partial charge in [0.15, 0.2) is 0 Å². The number of fused-ring (bicyclic) bond motifs is 2. The third-order valence-corrected chi connectivity index (χ3v) is 6.09. The zero-order valence-corrected chi connectivity index (χ0v) is 13.3. The van der Waals surface area contributed by atoms with E-state index in [-0.39, 0.29) is 0 Å². The normalized spacial score (nSPS) is 12.7. The Balaban J connectivity index is 1.82. The van der Waals surface area contributed by atoms with E-state index in [2.05, 4.69) is 83.8 Å². The van der Waals surface area contributed by atoms with E-state index in [9.17, 15) is 0 Å². The van der Waals surface area contributed by atoms with Gasteiger partial charge in [0, 0.05) is 0 Å². The molecule has 2 heteroatoms. The number of benzene rings is 3. The first-order chi connectivity index (χ1) is 10.4. The Morgan fingerprint density at radius 1 is 0.619 bits per heavy atom. The predicted molar refractivity (Wildman–Crippen MR) is 90.2 cm³/mol. The van der Waals surface area contributed by atoms with Crippen molar-refractivity contribution in [2.24, 2.45) is 0 Å². The van der Waals surface area contributed by atoms with Crippen molar-refractivity contribution in [1.29, 1.82) is 0 Å². The zero-order chi connectivity index (χ0) is 14.1. The summed E-state index contributed by atoms with van der Waals surface area (Å²) in [5.74, 6) is 0. The van der Waals surface area contributed by atoms with Crippen molar-refractivity contribution in [1.82, 2.24) is 0 Å². The van der Waals surface area contributed by atoms with Crippen molar-refractivity contribution < 1.29 is 0 Å². The van der Waals surface area contributed by atoms with Gasteiger partial charge in [-0.15, -0.1) is 0 Å². The maximum atomic E-state index is 2.45. The van der Waals surface area contributed by atoms with E-state index >= 15 is 0 Å². The molecule has 0 fully saturated rings. The summed E-state index contributed by atoms with van der Waals surface area (Å²) in [4.78, 5) is 2.45. The van der Waals surface area contributed by atoms with Crippen molar-refractivity contribution >= 4 is 35.3 Å². The monoisotopic (exact) mass is 337 g/mol. The van der Waals surface area contributed by atoms with Crippen LogP contribution in [0, 0.1) is 0 Å². The molecule has 0 atom stereocenters.